The molecule has 1 amide bonds. The number of methoxy groups -OCH3 is 2. The van der Waals surface area contributed by atoms with Crippen molar-refractivity contribution in [2.45, 2.75) is 167 Å². The monoisotopic (exact) mass is 776 g/mol. The van der Waals surface area contributed by atoms with Crippen LogP contribution in [0.25, 0.3) is 0 Å². The second-order valence-corrected chi connectivity index (χ2v) is 17.0. The lowest BCUT2D eigenvalue weighted by atomic mass is 9.81. The lowest BCUT2D eigenvalue weighted by molar-refractivity contribution is -0.302. The minimum absolute atomic E-state index is 0.00367. The van der Waals surface area contributed by atoms with Crippen molar-refractivity contribution in [3.05, 3.63) is 23.3 Å². The van der Waals surface area contributed by atoms with Crippen molar-refractivity contribution in [1.29, 1.82) is 0 Å². The van der Waals surface area contributed by atoms with Crippen LogP contribution in [0, 0.1) is 29.6 Å². The maximum absolute atomic E-state index is 14.2. The molecule has 312 valence electrons. The van der Waals surface area contributed by atoms with Crippen LogP contribution in [-0.2, 0) is 38.1 Å². The Labute approximate surface area is 327 Å². The van der Waals surface area contributed by atoms with Gasteiger partial charge in [-0.3, -0.25) is 14.4 Å². The first-order valence-corrected chi connectivity index (χ1v) is 20.5. The third-order valence-corrected chi connectivity index (χ3v) is 12.7. The number of carbonyl (C=O) groups is 4. The van der Waals surface area contributed by atoms with E-state index >= 15 is 0 Å². The van der Waals surface area contributed by atoms with E-state index in [1.807, 2.05) is 39.8 Å². The SMILES string of the molecule is CCC1C=C(C)CC(C)CC(OC)C2OC(O)(C(=O)C(=O)N3CCCCC3C(=O)OC(C(C)=CC3CCC(O)C(N)C3)C(C)C(O)CC1=O)C(C)CC2OC. The van der Waals surface area contributed by atoms with Crippen LogP contribution in [0.3, 0.4) is 0 Å². The minimum atomic E-state index is -2.50. The number of ether oxygens (including phenoxy) is 4. The zero-order chi connectivity index (χ0) is 40.8. The molecule has 1 aliphatic carbocycles. The smallest absolute Gasteiger partial charge is 0.329 e. The van der Waals surface area contributed by atoms with Gasteiger partial charge in [0.1, 0.15) is 24.0 Å². The van der Waals surface area contributed by atoms with E-state index in [9.17, 15) is 34.5 Å². The van der Waals surface area contributed by atoms with E-state index in [2.05, 4.69) is 0 Å². The van der Waals surface area contributed by atoms with E-state index in [0.717, 1.165) is 5.57 Å². The van der Waals surface area contributed by atoms with Gasteiger partial charge >= 0.3 is 5.97 Å². The van der Waals surface area contributed by atoms with Gasteiger partial charge in [0.25, 0.3) is 11.7 Å². The molecule has 4 aliphatic rings. The van der Waals surface area contributed by atoms with Crippen LogP contribution in [0.4, 0.5) is 0 Å². The predicted octanol–water partition coefficient (Wildman–Crippen LogP) is 3.79. The maximum atomic E-state index is 14.2. The highest BCUT2D eigenvalue weighted by atomic mass is 16.7. The van der Waals surface area contributed by atoms with E-state index in [-0.39, 0.29) is 43.4 Å². The lowest BCUT2D eigenvalue weighted by Gasteiger charge is -2.47. The molecule has 3 fully saturated rings. The molecule has 1 saturated carbocycles. The molecule has 0 aromatic heterocycles. The standard InChI is InChI=1S/C42H68N2O11/c1-9-29-17-23(2)16-24(3)18-35(52-7)38-36(53-8)20-26(5)42(51,55-38)39(48)40(49)44-15-11-10-12-31(44)41(50)54-37(27(6)33(46)22-34(29)47)25(4)19-28-13-14-32(45)30(43)21-28/h17,19,24,26-33,35-38,45-46,51H,9-16,18,20-22,43H2,1-8H3. The molecule has 4 rings (SSSR count). The van der Waals surface area contributed by atoms with E-state index in [0.29, 0.717) is 56.9 Å². The number of aliphatic hydroxyl groups excluding tert-OH is 2. The number of rotatable bonds is 5. The number of allylic oxidation sites excluding steroid dienone is 3. The molecule has 2 saturated heterocycles. The normalized spacial score (nSPS) is 41.2. The van der Waals surface area contributed by atoms with Gasteiger partial charge in [0, 0.05) is 51.0 Å². The molecule has 3 aliphatic heterocycles. The molecule has 13 heteroatoms. The van der Waals surface area contributed by atoms with Gasteiger partial charge in [-0.1, -0.05) is 45.4 Å². The Morgan fingerprint density at radius 1 is 0.982 bits per heavy atom. The highest BCUT2D eigenvalue weighted by molar-refractivity contribution is 6.39. The van der Waals surface area contributed by atoms with Gasteiger partial charge in [0.15, 0.2) is 0 Å². The van der Waals surface area contributed by atoms with Crippen molar-refractivity contribution in [3.8, 4) is 0 Å². The highest BCUT2D eigenvalue weighted by Crippen LogP contribution is 2.39. The third kappa shape index (κ3) is 10.7. The topological polar surface area (TPSA) is 195 Å². The second-order valence-electron chi connectivity index (χ2n) is 17.0. The van der Waals surface area contributed by atoms with Crippen LogP contribution in [-0.4, -0.2) is 119 Å². The van der Waals surface area contributed by atoms with Crippen LogP contribution >= 0.6 is 0 Å². The number of aliphatic hydroxyl groups is 3. The van der Waals surface area contributed by atoms with Crippen molar-refractivity contribution >= 4 is 23.4 Å². The molecule has 0 aromatic rings. The molecule has 3 heterocycles. The number of fused-ring (bicyclic) bond motifs is 3. The average Bonchev–Trinajstić information content (AvgIpc) is 3.15. The molecule has 5 N–H and O–H groups in total. The number of ketones is 2. The Bertz CT molecular complexity index is 1420. The number of carbonyl (C=O) groups excluding carboxylic acids is 4. The van der Waals surface area contributed by atoms with E-state index in [1.54, 1.807) is 13.8 Å². The van der Waals surface area contributed by atoms with Gasteiger partial charge in [-0.15, -0.1) is 0 Å². The number of piperidine rings is 1. The average molecular weight is 777 g/mol. The van der Waals surface area contributed by atoms with Gasteiger partial charge < -0.3 is 44.9 Å². The van der Waals surface area contributed by atoms with Crippen LogP contribution in [0.1, 0.15) is 112 Å². The number of hydrogen-bond acceptors (Lipinski definition) is 12. The third-order valence-electron chi connectivity index (χ3n) is 12.7. The summed E-state index contributed by atoms with van der Waals surface area (Å²) in [7, 11) is 3.06. The zero-order valence-electron chi connectivity index (χ0n) is 34.3. The summed E-state index contributed by atoms with van der Waals surface area (Å²) in [5.41, 5.74) is 7.84. The Morgan fingerprint density at radius 2 is 1.65 bits per heavy atom. The summed E-state index contributed by atoms with van der Waals surface area (Å²) in [6.07, 6.45) is 3.99. The van der Waals surface area contributed by atoms with Crippen LogP contribution in [0.15, 0.2) is 23.3 Å². The molecule has 14 unspecified atom stereocenters. The Hall–Kier alpha value is -2.52. The summed E-state index contributed by atoms with van der Waals surface area (Å²) in [6.45, 7) is 11.2. The number of hydrogen-bond donors (Lipinski definition) is 4. The molecule has 14 atom stereocenters. The quantitative estimate of drug-likeness (QED) is 0.180. The molecule has 0 spiro atoms. The first-order valence-electron chi connectivity index (χ1n) is 20.5. The molecule has 2 bridgehead atoms. The number of cyclic esters (lactones) is 1. The Kier molecular flexibility index (Phi) is 16.2. The van der Waals surface area contributed by atoms with E-state index in [1.165, 1.54) is 19.1 Å². The molecule has 0 radical (unpaired) electrons. The van der Waals surface area contributed by atoms with E-state index < -0.39 is 89.9 Å². The van der Waals surface area contributed by atoms with Crippen LogP contribution in [0.5, 0.6) is 0 Å². The number of nitrogens with zero attached hydrogens (tertiary/aromatic N) is 1. The summed E-state index contributed by atoms with van der Waals surface area (Å²) in [4.78, 5) is 57.5. The minimum Gasteiger partial charge on any atom is -0.456 e. The Morgan fingerprint density at radius 3 is 2.29 bits per heavy atom. The fourth-order valence-electron chi connectivity index (χ4n) is 9.22. The molecule has 0 aromatic carbocycles. The molecular formula is C42H68N2O11. The van der Waals surface area contributed by atoms with Gasteiger partial charge in [0.2, 0.25) is 5.79 Å². The van der Waals surface area contributed by atoms with Gasteiger partial charge in [-0.2, -0.15) is 0 Å². The molecule has 55 heavy (non-hydrogen) atoms. The van der Waals surface area contributed by atoms with Crippen LogP contribution < -0.4 is 5.73 Å². The number of nitrogens with two attached hydrogens (primary N) is 1. The van der Waals surface area contributed by atoms with Gasteiger partial charge in [-0.05, 0) is 95.5 Å². The van der Waals surface area contributed by atoms with Crippen molar-refractivity contribution < 1.29 is 53.4 Å². The summed E-state index contributed by atoms with van der Waals surface area (Å²) in [6, 6.07) is -1.53. The van der Waals surface area contributed by atoms with Crippen molar-refractivity contribution in [1.82, 2.24) is 4.90 Å². The predicted molar refractivity (Wildman–Crippen MR) is 205 cm³/mol. The largest absolute Gasteiger partial charge is 0.456 e. The van der Waals surface area contributed by atoms with Crippen molar-refractivity contribution in [3.63, 3.8) is 0 Å². The second kappa shape index (κ2) is 19.8. The number of Topliss-reactive ketones (excluding diaryl/α,β-unsaturated/α-hetero) is 2. The fraction of sp³-hybridized carbons (Fsp3) is 0.810. The highest BCUT2D eigenvalue weighted by Gasteiger charge is 2.56. The summed E-state index contributed by atoms with van der Waals surface area (Å²) < 4.78 is 24.2. The number of amides is 1. The van der Waals surface area contributed by atoms with Crippen molar-refractivity contribution in [2.24, 2.45) is 35.3 Å². The first kappa shape index (κ1) is 45.2. The fourth-order valence-corrected chi connectivity index (χ4v) is 9.22. The Balaban J connectivity index is 1.76. The van der Waals surface area contributed by atoms with Gasteiger partial charge in [0.05, 0.1) is 24.4 Å². The zero-order valence-corrected chi connectivity index (χ0v) is 34.3. The van der Waals surface area contributed by atoms with Gasteiger partial charge in [-0.25, -0.2) is 4.79 Å². The van der Waals surface area contributed by atoms with Crippen molar-refractivity contribution in [2.75, 3.05) is 20.8 Å². The maximum Gasteiger partial charge on any atom is 0.329 e. The molecular weight excluding hydrogens is 708 g/mol. The first-order chi connectivity index (χ1) is 25.9. The lowest BCUT2D eigenvalue weighted by Crippen LogP contribution is -2.64. The van der Waals surface area contributed by atoms with Crippen LogP contribution in [0.2, 0.25) is 0 Å². The van der Waals surface area contributed by atoms with E-state index in [4.69, 9.17) is 24.7 Å². The summed E-state index contributed by atoms with van der Waals surface area (Å²) in [5.74, 6) is -7.50. The molecule has 13 nitrogen and oxygen atoms in total. The number of esters is 1. The summed E-state index contributed by atoms with van der Waals surface area (Å²) >= 11 is 0. The summed E-state index contributed by atoms with van der Waals surface area (Å²) in [5, 5.41) is 33.8.